The first-order chi connectivity index (χ1) is 9.22. The zero-order valence-corrected chi connectivity index (χ0v) is 12.6. The van der Waals surface area contributed by atoms with Gasteiger partial charge in [0.05, 0.1) is 0 Å². The number of piperidine rings is 1. The predicted molar refractivity (Wildman–Crippen MR) is 79.9 cm³/mol. The summed E-state index contributed by atoms with van der Waals surface area (Å²) in [5, 5.41) is 3.89. The van der Waals surface area contributed by atoms with Crippen LogP contribution in [0, 0.1) is 0 Å². The second-order valence-corrected chi connectivity index (χ2v) is 5.42. The third-order valence-electron chi connectivity index (χ3n) is 3.48. The van der Waals surface area contributed by atoms with E-state index in [2.05, 4.69) is 40.1 Å². The fourth-order valence-corrected chi connectivity index (χ4v) is 2.83. The van der Waals surface area contributed by atoms with Gasteiger partial charge in [-0.3, -0.25) is 0 Å². The summed E-state index contributed by atoms with van der Waals surface area (Å²) in [6.45, 7) is 7.38. The third kappa shape index (κ3) is 4.05. The highest BCUT2D eigenvalue weighted by molar-refractivity contribution is 6.28. The van der Waals surface area contributed by atoms with Gasteiger partial charge in [0.2, 0.25) is 5.28 Å². The van der Waals surface area contributed by atoms with Crippen LogP contribution in [0.25, 0.3) is 0 Å². The zero-order valence-electron chi connectivity index (χ0n) is 11.8. The first-order valence-corrected chi connectivity index (χ1v) is 7.62. The van der Waals surface area contributed by atoms with Gasteiger partial charge in [0.15, 0.2) is 0 Å². The highest BCUT2D eigenvalue weighted by atomic mass is 35.5. The second kappa shape index (κ2) is 7.06. The standard InChI is InChI=1S/C14H23ClN4/c1-3-6-11-9-13(18-14(15)17-11)19-8-5-7-12(10-19)16-4-2/h9,12,16H,3-8,10H2,1-2H3/t12-/m1/s1. The molecule has 1 saturated heterocycles. The predicted octanol–water partition coefficient (Wildman–Crippen LogP) is 2.66. The average Bonchev–Trinajstić information content (AvgIpc) is 2.39. The van der Waals surface area contributed by atoms with Crippen LogP contribution in [0.5, 0.6) is 0 Å². The summed E-state index contributed by atoms with van der Waals surface area (Å²) in [5.41, 5.74) is 1.04. The molecule has 0 aromatic carbocycles. The van der Waals surface area contributed by atoms with Crippen LogP contribution in [0.4, 0.5) is 5.82 Å². The van der Waals surface area contributed by atoms with E-state index >= 15 is 0 Å². The molecule has 0 saturated carbocycles. The molecule has 0 unspecified atom stereocenters. The molecule has 19 heavy (non-hydrogen) atoms. The van der Waals surface area contributed by atoms with E-state index in [0.29, 0.717) is 11.3 Å². The van der Waals surface area contributed by atoms with E-state index in [-0.39, 0.29) is 0 Å². The molecule has 0 aliphatic carbocycles. The quantitative estimate of drug-likeness (QED) is 0.843. The van der Waals surface area contributed by atoms with Crippen molar-refractivity contribution in [3.05, 3.63) is 17.0 Å². The number of aromatic nitrogens is 2. The Bertz CT molecular complexity index is 408. The first kappa shape index (κ1) is 14.5. The monoisotopic (exact) mass is 282 g/mol. The molecule has 1 aliphatic heterocycles. The second-order valence-electron chi connectivity index (χ2n) is 5.08. The molecule has 1 aromatic heterocycles. The molecule has 1 N–H and O–H groups in total. The summed E-state index contributed by atoms with van der Waals surface area (Å²) in [6.07, 6.45) is 4.47. The number of nitrogens with one attached hydrogen (secondary N) is 1. The Hall–Kier alpha value is -0.870. The Morgan fingerprint density at radius 1 is 1.42 bits per heavy atom. The number of halogens is 1. The average molecular weight is 283 g/mol. The Labute approximate surface area is 120 Å². The highest BCUT2D eigenvalue weighted by Gasteiger charge is 2.20. The maximum Gasteiger partial charge on any atom is 0.224 e. The minimum atomic E-state index is 0.367. The number of hydrogen-bond acceptors (Lipinski definition) is 4. The van der Waals surface area contributed by atoms with Crippen LogP contribution < -0.4 is 10.2 Å². The topological polar surface area (TPSA) is 41.0 Å². The summed E-state index contributed by atoms with van der Waals surface area (Å²) in [6, 6.07) is 2.64. The van der Waals surface area contributed by atoms with Crippen LogP contribution in [-0.4, -0.2) is 35.6 Å². The molecule has 4 nitrogen and oxygen atoms in total. The van der Waals surface area contributed by atoms with Crippen LogP contribution in [-0.2, 0) is 6.42 Å². The summed E-state index contributed by atoms with van der Waals surface area (Å²) < 4.78 is 0. The van der Waals surface area contributed by atoms with Gasteiger partial charge in [-0.05, 0) is 37.4 Å². The Kier molecular flexibility index (Phi) is 5.40. The number of aryl methyl sites for hydroxylation is 1. The van der Waals surface area contributed by atoms with Gasteiger partial charge in [-0.2, -0.15) is 0 Å². The molecule has 0 bridgehead atoms. The molecule has 2 rings (SSSR count). The van der Waals surface area contributed by atoms with Crippen molar-refractivity contribution < 1.29 is 0 Å². The number of nitrogens with zero attached hydrogens (tertiary/aromatic N) is 3. The van der Waals surface area contributed by atoms with Crippen LogP contribution >= 0.6 is 11.6 Å². The Morgan fingerprint density at radius 3 is 3.00 bits per heavy atom. The van der Waals surface area contributed by atoms with E-state index in [1.807, 2.05) is 0 Å². The van der Waals surface area contributed by atoms with Gasteiger partial charge in [-0.15, -0.1) is 0 Å². The van der Waals surface area contributed by atoms with Gasteiger partial charge in [-0.25, -0.2) is 9.97 Å². The SMILES string of the molecule is CCCc1cc(N2CCC[C@@H](NCC)C2)nc(Cl)n1. The molecule has 2 heterocycles. The van der Waals surface area contributed by atoms with E-state index in [4.69, 9.17) is 11.6 Å². The van der Waals surface area contributed by atoms with Crippen molar-refractivity contribution in [2.75, 3.05) is 24.5 Å². The summed E-state index contributed by atoms with van der Waals surface area (Å²) in [7, 11) is 0. The third-order valence-corrected chi connectivity index (χ3v) is 3.65. The number of anilines is 1. The van der Waals surface area contributed by atoms with Crippen molar-refractivity contribution >= 4 is 17.4 Å². The van der Waals surface area contributed by atoms with Crippen LogP contribution in [0.3, 0.4) is 0 Å². The van der Waals surface area contributed by atoms with Crippen LogP contribution in [0.1, 0.15) is 38.8 Å². The maximum absolute atomic E-state index is 6.04. The Morgan fingerprint density at radius 2 is 2.26 bits per heavy atom. The molecular weight excluding hydrogens is 260 g/mol. The summed E-state index contributed by atoms with van der Waals surface area (Å²) in [5.74, 6) is 0.978. The molecule has 1 fully saturated rings. The van der Waals surface area contributed by atoms with Gasteiger partial charge in [0.25, 0.3) is 0 Å². The molecule has 0 spiro atoms. The van der Waals surface area contributed by atoms with Crippen molar-refractivity contribution in [1.82, 2.24) is 15.3 Å². The van der Waals surface area contributed by atoms with E-state index in [0.717, 1.165) is 44.0 Å². The molecular formula is C14H23ClN4. The smallest absolute Gasteiger partial charge is 0.224 e. The summed E-state index contributed by atoms with van der Waals surface area (Å²) >= 11 is 6.04. The number of rotatable bonds is 5. The van der Waals surface area contributed by atoms with Gasteiger partial charge in [0, 0.05) is 30.9 Å². The molecule has 5 heteroatoms. The van der Waals surface area contributed by atoms with Gasteiger partial charge >= 0.3 is 0 Å². The molecule has 1 aromatic rings. The largest absolute Gasteiger partial charge is 0.355 e. The van der Waals surface area contributed by atoms with Crippen molar-refractivity contribution in [1.29, 1.82) is 0 Å². The van der Waals surface area contributed by atoms with E-state index in [1.54, 1.807) is 0 Å². The lowest BCUT2D eigenvalue weighted by atomic mass is 10.1. The maximum atomic E-state index is 6.04. The van der Waals surface area contributed by atoms with E-state index < -0.39 is 0 Å². The number of likely N-dealkylation sites (N-methyl/N-ethyl adjacent to an activating group) is 1. The lowest BCUT2D eigenvalue weighted by Crippen LogP contribution is -2.46. The van der Waals surface area contributed by atoms with Gasteiger partial charge < -0.3 is 10.2 Å². The van der Waals surface area contributed by atoms with Gasteiger partial charge in [0.1, 0.15) is 5.82 Å². The molecule has 106 valence electrons. The molecule has 1 atom stereocenters. The van der Waals surface area contributed by atoms with Crippen LogP contribution in [0.2, 0.25) is 5.28 Å². The van der Waals surface area contributed by atoms with Crippen molar-refractivity contribution in [3.63, 3.8) is 0 Å². The van der Waals surface area contributed by atoms with E-state index in [1.165, 1.54) is 12.8 Å². The highest BCUT2D eigenvalue weighted by Crippen LogP contribution is 2.20. The minimum absolute atomic E-state index is 0.367. The van der Waals surface area contributed by atoms with E-state index in [9.17, 15) is 0 Å². The van der Waals surface area contributed by atoms with Crippen molar-refractivity contribution in [2.24, 2.45) is 0 Å². The zero-order chi connectivity index (χ0) is 13.7. The Balaban J connectivity index is 2.11. The lowest BCUT2D eigenvalue weighted by Gasteiger charge is -2.34. The van der Waals surface area contributed by atoms with Crippen molar-refractivity contribution in [2.45, 2.75) is 45.6 Å². The molecule has 0 radical (unpaired) electrons. The fraction of sp³-hybridized carbons (Fsp3) is 0.714. The fourth-order valence-electron chi connectivity index (χ4n) is 2.64. The first-order valence-electron chi connectivity index (χ1n) is 7.24. The van der Waals surface area contributed by atoms with Crippen molar-refractivity contribution in [3.8, 4) is 0 Å². The number of hydrogen-bond donors (Lipinski definition) is 1. The molecule has 1 aliphatic rings. The normalized spacial score (nSPS) is 19.7. The molecule has 0 amide bonds. The summed E-state index contributed by atoms with van der Waals surface area (Å²) in [4.78, 5) is 11.0. The van der Waals surface area contributed by atoms with Crippen LogP contribution in [0.15, 0.2) is 6.07 Å². The lowest BCUT2D eigenvalue weighted by molar-refractivity contribution is 0.429. The van der Waals surface area contributed by atoms with Gasteiger partial charge in [-0.1, -0.05) is 20.3 Å². The minimum Gasteiger partial charge on any atom is -0.355 e.